The van der Waals surface area contributed by atoms with E-state index in [0.29, 0.717) is 0 Å². The molecule has 0 heterocycles. The molecule has 1 aromatic carbocycles. The van der Waals surface area contributed by atoms with Gasteiger partial charge in [0.2, 0.25) is 0 Å². The monoisotopic (exact) mass is 178 g/mol. The number of hydrogen-bond donors (Lipinski definition) is 1. The number of nitrogens with one attached hydrogen (secondary N) is 1. The van der Waals surface area contributed by atoms with Crippen LogP contribution in [0.15, 0.2) is 35.5 Å². The molecule has 0 radical (unpaired) electrons. The Morgan fingerprint density at radius 1 is 1.46 bits per heavy atom. The third kappa shape index (κ3) is 3.37. The molecule has 0 fully saturated rings. The van der Waals surface area contributed by atoms with Gasteiger partial charge in [0.05, 0.1) is 0 Å². The maximum atomic E-state index is 11.0. The van der Waals surface area contributed by atoms with Crippen LogP contribution in [-0.4, -0.2) is 19.2 Å². The molecule has 68 valence electrons. The molecule has 4 nitrogen and oxygen atoms in total. The number of carbonyl (C=O) groups is 1. The van der Waals surface area contributed by atoms with Crippen molar-refractivity contribution in [3.8, 4) is 0 Å². The van der Waals surface area contributed by atoms with Gasteiger partial charge in [0.15, 0.2) is 0 Å². The standard InChI is InChI=1S/C9H10N2O2/c1-13-10-7-9(12)11-8-5-3-2-4-6-8/h2-7H,1H3,(H,11,12). The molecular weight excluding hydrogens is 168 g/mol. The lowest BCUT2D eigenvalue weighted by molar-refractivity contribution is -0.110. The first-order chi connectivity index (χ1) is 6.33. The molecule has 0 saturated heterocycles. The van der Waals surface area contributed by atoms with Crippen LogP contribution in [0.1, 0.15) is 0 Å². The van der Waals surface area contributed by atoms with E-state index in [9.17, 15) is 4.79 Å². The van der Waals surface area contributed by atoms with Gasteiger partial charge in [-0.1, -0.05) is 23.4 Å². The first-order valence-corrected chi connectivity index (χ1v) is 3.75. The fourth-order valence-corrected chi connectivity index (χ4v) is 0.797. The first kappa shape index (κ1) is 9.25. The van der Waals surface area contributed by atoms with Gasteiger partial charge in [-0.3, -0.25) is 4.79 Å². The molecule has 0 atom stereocenters. The Bertz CT molecular complexity index is 296. The Balaban J connectivity index is 2.50. The van der Waals surface area contributed by atoms with Gasteiger partial charge in [-0.2, -0.15) is 0 Å². The maximum absolute atomic E-state index is 11.0. The van der Waals surface area contributed by atoms with Crippen LogP contribution in [0.25, 0.3) is 0 Å². The summed E-state index contributed by atoms with van der Waals surface area (Å²) in [6.45, 7) is 0. The van der Waals surface area contributed by atoms with Crippen molar-refractivity contribution in [2.75, 3.05) is 12.4 Å². The second-order valence-electron chi connectivity index (χ2n) is 2.27. The fourth-order valence-electron chi connectivity index (χ4n) is 0.797. The number of carbonyl (C=O) groups excluding carboxylic acids is 1. The van der Waals surface area contributed by atoms with Crippen molar-refractivity contribution >= 4 is 17.8 Å². The molecule has 4 heteroatoms. The van der Waals surface area contributed by atoms with Gasteiger partial charge in [0, 0.05) is 5.69 Å². The highest BCUT2D eigenvalue weighted by atomic mass is 16.6. The number of rotatable bonds is 3. The number of para-hydroxylation sites is 1. The van der Waals surface area contributed by atoms with E-state index in [4.69, 9.17) is 0 Å². The number of benzene rings is 1. The van der Waals surface area contributed by atoms with Gasteiger partial charge in [-0.15, -0.1) is 0 Å². The molecule has 1 aromatic rings. The molecule has 1 amide bonds. The van der Waals surface area contributed by atoms with Gasteiger partial charge in [-0.05, 0) is 12.1 Å². The molecule has 0 aliphatic heterocycles. The van der Waals surface area contributed by atoms with Crippen molar-refractivity contribution in [3.63, 3.8) is 0 Å². The summed E-state index contributed by atoms with van der Waals surface area (Å²) in [7, 11) is 1.38. The number of anilines is 1. The lowest BCUT2D eigenvalue weighted by Crippen LogP contribution is -2.12. The summed E-state index contributed by atoms with van der Waals surface area (Å²) in [5.74, 6) is -0.312. The molecule has 0 aliphatic carbocycles. The zero-order chi connectivity index (χ0) is 9.52. The Kier molecular flexibility index (Phi) is 3.50. The summed E-state index contributed by atoms with van der Waals surface area (Å²) in [6.07, 6.45) is 1.08. The minimum Gasteiger partial charge on any atom is -0.399 e. The third-order valence-electron chi connectivity index (χ3n) is 1.32. The van der Waals surface area contributed by atoms with Gasteiger partial charge in [-0.25, -0.2) is 0 Å². The van der Waals surface area contributed by atoms with Crippen LogP contribution in [0.5, 0.6) is 0 Å². The molecular formula is C9H10N2O2. The summed E-state index contributed by atoms with van der Waals surface area (Å²) in [6, 6.07) is 9.13. The Morgan fingerprint density at radius 3 is 2.77 bits per heavy atom. The predicted molar refractivity (Wildman–Crippen MR) is 50.6 cm³/mol. The molecule has 13 heavy (non-hydrogen) atoms. The lowest BCUT2D eigenvalue weighted by Gasteiger charge is -1.99. The van der Waals surface area contributed by atoms with Crippen LogP contribution in [0.2, 0.25) is 0 Å². The van der Waals surface area contributed by atoms with Crippen molar-refractivity contribution in [2.45, 2.75) is 0 Å². The van der Waals surface area contributed by atoms with Crippen LogP contribution in [0.3, 0.4) is 0 Å². The second kappa shape index (κ2) is 4.92. The minimum absolute atomic E-state index is 0.312. The molecule has 0 aliphatic rings. The van der Waals surface area contributed by atoms with Crippen LogP contribution in [0, 0.1) is 0 Å². The number of oxime groups is 1. The molecule has 1 rings (SSSR count). The average Bonchev–Trinajstić information content (AvgIpc) is 2.16. The van der Waals surface area contributed by atoms with Crippen molar-refractivity contribution < 1.29 is 9.63 Å². The van der Waals surface area contributed by atoms with Crippen molar-refractivity contribution in [1.29, 1.82) is 0 Å². The van der Waals surface area contributed by atoms with E-state index >= 15 is 0 Å². The van der Waals surface area contributed by atoms with E-state index in [1.165, 1.54) is 7.11 Å². The van der Waals surface area contributed by atoms with Crippen molar-refractivity contribution in [1.82, 2.24) is 0 Å². The molecule has 0 unspecified atom stereocenters. The lowest BCUT2D eigenvalue weighted by atomic mass is 10.3. The zero-order valence-corrected chi connectivity index (χ0v) is 7.23. The fraction of sp³-hybridized carbons (Fsp3) is 0.111. The van der Waals surface area contributed by atoms with Gasteiger partial charge < -0.3 is 10.2 Å². The Hall–Kier alpha value is -1.84. The average molecular weight is 178 g/mol. The van der Waals surface area contributed by atoms with Crippen LogP contribution in [0.4, 0.5) is 5.69 Å². The maximum Gasteiger partial charge on any atom is 0.270 e. The third-order valence-corrected chi connectivity index (χ3v) is 1.32. The highest BCUT2D eigenvalue weighted by molar-refractivity contribution is 6.31. The number of amides is 1. The summed E-state index contributed by atoms with van der Waals surface area (Å²) in [5.41, 5.74) is 0.732. The van der Waals surface area contributed by atoms with Crippen LogP contribution in [-0.2, 0) is 9.63 Å². The van der Waals surface area contributed by atoms with E-state index in [1.54, 1.807) is 12.1 Å². The zero-order valence-electron chi connectivity index (χ0n) is 7.23. The van der Waals surface area contributed by atoms with Crippen LogP contribution < -0.4 is 5.32 Å². The van der Waals surface area contributed by atoms with Crippen molar-refractivity contribution in [3.05, 3.63) is 30.3 Å². The van der Waals surface area contributed by atoms with Gasteiger partial charge >= 0.3 is 0 Å². The number of hydrogen-bond acceptors (Lipinski definition) is 3. The summed E-state index contributed by atoms with van der Waals surface area (Å²) < 4.78 is 0. The quantitative estimate of drug-likeness (QED) is 0.559. The summed E-state index contributed by atoms with van der Waals surface area (Å²) in [4.78, 5) is 15.4. The first-order valence-electron chi connectivity index (χ1n) is 3.75. The Labute approximate surface area is 76.2 Å². The van der Waals surface area contributed by atoms with Gasteiger partial charge in [0.25, 0.3) is 5.91 Å². The minimum atomic E-state index is -0.312. The SMILES string of the molecule is CON=CC(=O)Nc1ccccc1. The molecule has 0 aromatic heterocycles. The van der Waals surface area contributed by atoms with Crippen LogP contribution >= 0.6 is 0 Å². The number of nitrogens with zero attached hydrogens (tertiary/aromatic N) is 1. The molecule has 0 bridgehead atoms. The smallest absolute Gasteiger partial charge is 0.270 e. The summed E-state index contributed by atoms with van der Waals surface area (Å²) in [5, 5.41) is 5.94. The molecule has 0 saturated carbocycles. The highest BCUT2D eigenvalue weighted by Crippen LogP contribution is 2.03. The van der Waals surface area contributed by atoms with E-state index in [0.717, 1.165) is 11.9 Å². The Morgan fingerprint density at radius 2 is 2.15 bits per heavy atom. The predicted octanol–water partition coefficient (Wildman–Crippen LogP) is 1.26. The van der Waals surface area contributed by atoms with Gasteiger partial charge in [0.1, 0.15) is 13.3 Å². The molecule has 1 N–H and O–H groups in total. The van der Waals surface area contributed by atoms with Crippen molar-refractivity contribution in [2.24, 2.45) is 5.16 Å². The van der Waals surface area contributed by atoms with E-state index in [2.05, 4.69) is 15.3 Å². The van der Waals surface area contributed by atoms with E-state index in [-0.39, 0.29) is 5.91 Å². The van der Waals surface area contributed by atoms with E-state index < -0.39 is 0 Å². The normalized spacial score (nSPS) is 9.92. The second-order valence-corrected chi connectivity index (χ2v) is 2.27. The summed E-state index contributed by atoms with van der Waals surface area (Å²) >= 11 is 0. The molecule has 0 spiro atoms. The highest BCUT2D eigenvalue weighted by Gasteiger charge is 1.96. The largest absolute Gasteiger partial charge is 0.399 e. The topological polar surface area (TPSA) is 50.7 Å². The van der Waals surface area contributed by atoms with E-state index in [1.807, 2.05) is 18.2 Å².